The van der Waals surface area contributed by atoms with E-state index in [1.165, 1.54) is 0 Å². The van der Waals surface area contributed by atoms with Gasteiger partial charge in [0.1, 0.15) is 55.4 Å². The van der Waals surface area contributed by atoms with Gasteiger partial charge in [-0.3, -0.25) is 9.59 Å². The normalized spacial score (nSPS) is 31.8. The maximum Gasteiger partial charge on any atom is 0.306 e. The van der Waals surface area contributed by atoms with Gasteiger partial charge in [-0.2, -0.15) is 0 Å². The Kier molecular flexibility index (Phi) is 20.4. The monoisotopic (exact) mass is 682 g/mol. The van der Waals surface area contributed by atoms with Gasteiger partial charge in [0.25, 0.3) is 0 Å². The Labute approximate surface area is 277 Å². The van der Waals surface area contributed by atoms with Crippen molar-refractivity contribution in [2.24, 2.45) is 0 Å². The molecule has 2 saturated heterocycles. The van der Waals surface area contributed by atoms with Gasteiger partial charge in [-0.1, -0.05) is 71.6 Å². The number of carbonyl (C=O) groups is 2. The number of unbranched alkanes of at least 4 members (excludes halogenated alkanes) is 9. The van der Waals surface area contributed by atoms with Crippen LogP contribution in [0, 0.1) is 0 Å². The molecule has 0 aromatic rings. The third kappa shape index (κ3) is 14.5. The van der Waals surface area contributed by atoms with Crippen LogP contribution in [0.25, 0.3) is 0 Å². The zero-order valence-corrected chi connectivity index (χ0v) is 27.8. The van der Waals surface area contributed by atoms with E-state index < -0.39 is 92.7 Å². The second-order valence-corrected chi connectivity index (χ2v) is 12.4. The third-order valence-electron chi connectivity index (χ3n) is 8.34. The lowest BCUT2D eigenvalue weighted by Crippen LogP contribution is -2.61. The number of aliphatic hydroxyl groups is 7. The number of carbonyl (C=O) groups excluding carboxylic acids is 2. The van der Waals surface area contributed by atoms with E-state index in [1.54, 1.807) is 0 Å². The first-order valence-corrected chi connectivity index (χ1v) is 17.1. The van der Waals surface area contributed by atoms with E-state index in [2.05, 4.69) is 13.8 Å². The lowest BCUT2D eigenvalue weighted by molar-refractivity contribution is -0.332. The molecule has 11 atom stereocenters. The minimum atomic E-state index is -1.75. The molecule has 0 saturated carbocycles. The van der Waals surface area contributed by atoms with E-state index in [0.717, 1.165) is 57.8 Å². The molecule has 2 fully saturated rings. The van der Waals surface area contributed by atoms with E-state index in [-0.39, 0.29) is 26.1 Å². The van der Waals surface area contributed by atoms with Crippen LogP contribution >= 0.6 is 0 Å². The fourth-order valence-electron chi connectivity index (χ4n) is 5.33. The highest BCUT2D eigenvalue weighted by Gasteiger charge is 2.47. The molecule has 2 rings (SSSR count). The van der Waals surface area contributed by atoms with E-state index in [4.69, 9.17) is 28.4 Å². The van der Waals surface area contributed by atoms with Crippen LogP contribution in [0.1, 0.15) is 97.3 Å². The quantitative estimate of drug-likeness (QED) is 0.0563. The first-order chi connectivity index (χ1) is 22.5. The Morgan fingerprint density at radius 3 is 1.66 bits per heavy atom. The fraction of sp³-hybridized carbons (Fsp3) is 0.938. The number of esters is 2. The molecule has 2 aliphatic rings. The summed E-state index contributed by atoms with van der Waals surface area (Å²) in [4.78, 5) is 24.9. The summed E-state index contributed by atoms with van der Waals surface area (Å²) in [6.07, 6.45) is -5.80. The molecule has 2 aliphatic heterocycles. The van der Waals surface area contributed by atoms with Crippen LogP contribution in [0.5, 0.6) is 0 Å². The van der Waals surface area contributed by atoms with Crippen molar-refractivity contribution < 1.29 is 73.8 Å². The maximum absolute atomic E-state index is 12.6. The van der Waals surface area contributed by atoms with Gasteiger partial charge < -0.3 is 64.2 Å². The topological polar surface area (TPSA) is 231 Å². The second-order valence-electron chi connectivity index (χ2n) is 12.4. The average molecular weight is 683 g/mol. The van der Waals surface area contributed by atoms with Gasteiger partial charge in [0.05, 0.1) is 19.8 Å². The minimum absolute atomic E-state index is 0.166. The van der Waals surface area contributed by atoms with Crippen molar-refractivity contribution in [3.8, 4) is 0 Å². The molecule has 7 N–H and O–H groups in total. The second kappa shape index (κ2) is 23.0. The van der Waals surface area contributed by atoms with Gasteiger partial charge in [0, 0.05) is 12.8 Å². The Morgan fingerprint density at radius 1 is 0.596 bits per heavy atom. The lowest BCUT2D eigenvalue weighted by Gasteiger charge is -2.42. The first-order valence-electron chi connectivity index (χ1n) is 17.1. The molecular formula is C32H58O15. The summed E-state index contributed by atoms with van der Waals surface area (Å²) < 4.78 is 32.9. The molecule has 2 heterocycles. The minimum Gasteiger partial charge on any atom is -0.462 e. The SMILES string of the molecule is CCCCCCCCC(=O)OC(COC(=O)CCCCCCC)COC1OC(COC2OC(CO)C(O)C(O)C2O)C(O)C(O)C1O. The van der Waals surface area contributed by atoms with Crippen molar-refractivity contribution in [2.75, 3.05) is 26.4 Å². The van der Waals surface area contributed by atoms with Crippen molar-refractivity contribution in [3.63, 3.8) is 0 Å². The summed E-state index contributed by atoms with van der Waals surface area (Å²) in [5, 5.41) is 71.1. The zero-order valence-electron chi connectivity index (χ0n) is 27.8. The Balaban J connectivity index is 1.96. The molecule has 0 spiro atoms. The summed E-state index contributed by atoms with van der Waals surface area (Å²) in [6.45, 7) is 2.34. The van der Waals surface area contributed by atoms with Crippen LogP contribution in [0.2, 0.25) is 0 Å². The number of rotatable bonds is 23. The summed E-state index contributed by atoms with van der Waals surface area (Å²) in [5.41, 5.74) is 0. The van der Waals surface area contributed by atoms with Crippen LogP contribution < -0.4 is 0 Å². The molecule has 0 radical (unpaired) electrons. The van der Waals surface area contributed by atoms with Crippen molar-refractivity contribution in [1.29, 1.82) is 0 Å². The highest BCUT2D eigenvalue weighted by atomic mass is 16.7. The Hall–Kier alpha value is -1.50. The molecule has 15 nitrogen and oxygen atoms in total. The molecular weight excluding hydrogens is 624 g/mol. The highest BCUT2D eigenvalue weighted by Crippen LogP contribution is 2.26. The fourth-order valence-corrected chi connectivity index (χ4v) is 5.33. The van der Waals surface area contributed by atoms with Crippen molar-refractivity contribution in [1.82, 2.24) is 0 Å². The van der Waals surface area contributed by atoms with Crippen LogP contribution in [0.4, 0.5) is 0 Å². The first kappa shape index (κ1) is 41.7. The molecule has 11 unspecified atom stereocenters. The van der Waals surface area contributed by atoms with Crippen LogP contribution in [0.3, 0.4) is 0 Å². The molecule has 0 bridgehead atoms. The van der Waals surface area contributed by atoms with E-state index >= 15 is 0 Å². The number of ether oxygens (including phenoxy) is 6. The van der Waals surface area contributed by atoms with Crippen LogP contribution in [0.15, 0.2) is 0 Å². The van der Waals surface area contributed by atoms with Gasteiger partial charge in [0.15, 0.2) is 18.7 Å². The van der Waals surface area contributed by atoms with Crippen molar-refractivity contribution in [2.45, 2.75) is 165 Å². The van der Waals surface area contributed by atoms with E-state index in [9.17, 15) is 45.3 Å². The molecule has 0 aliphatic carbocycles. The van der Waals surface area contributed by atoms with Gasteiger partial charge >= 0.3 is 11.9 Å². The summed E-state index contributed by atoms with van der Waals surface area (Å²) in [7, 11) is 0. The maximum atomic E-state index is 12.6. The van der Waals surface area contributed by atoms with Crippen molar-refractivity contribution in [3.05, 3.63) is 0 Å². The van der Waals surface area contributed by atoms with Gasteiger partial charge in [-0.25, -0.2) is 0 Å². The molecule has 0 aromatic heterocycles. The lowest BCUT2D eigenvalue weighted by atomic mass is 9.98. The number of aliphatic hydroxyl groups excluding tert-OH is 7. The molecule has 47 heavy (non-hydrogen) atoms. The summed E-state index contributed by atoms with van der Waals surface area (Å²) >= 11 is 0. The summed E-state index contributed by atoms with van der Waals surface area (Å²) in [5.74, 6) is -0.951. The summed E-state index contributed by atoms with van der Waals surface area (Å²) in [6, 6.07) is 0. The Morgan fingerprint density at radius 2 is 1.09 bits per heavy atom. The Bertz CT molecular complexity index is 860. The van der Waals surface area contributed by atoms with Crippen molar-refractivity contribution >= 4 is 11.9 Å². The van der Waals surface area contributed by atoms with Gasteiger partial charge in [-0.15, -0.1) is 0 Å². The number of hydrogen-bond donors (Lipinski definition) is 7. The van der Waals surface area contributed by atoms with Gasteiger partial charge in [-0.05, 0) is 12.8 Å². The molecule has 276 valence electrons. The number of hydrogen-bond acceptors (Lipinski definition) is 15. The average Bonchev–Trinajstić information content (AvgIpc) is 3.06. The predicted molar refractivity (Wildman–Crippen MR) is 165 cm³/mol. The van der Waals surface area contributed by atoms with Crippen LogP contribution in [-0.2, 0) is 38.0 Å². The van der Waals surface area contributed by atoms with Gasteiger partial charge in [0.2, 0.25) is 0 Å². The third-order valence-corrected chi connectivity index (χ3v) is 8.34. The molecule has 0 aromatic carbocycles. The molecule has 15 heteroatoms. The standard InChI is InChI=1S/C32H58O15/c1-3-5-7-9-11-13-15-24(35)45-20(17-42-23(34)14-12-10-8-6-4-2)18-43-31-30(41)28(39)26(37)22(47-31)19-44-32-29(40)27(38)25(36)21(16-33)46-32/h20-22,25-33,36-41H,3-19H2,1-2H3. The predicted octanol–water partition coefficient (Wildman–Crippen LogP) is 0.193. The smallest absolute Gasteiger partial charge is 0.306 e. The van der Waals surface area contributed by atoms with E-state index in [1.807, 2.05) is 0 Å². The largest absolute Gasteiger partial charge is 0.462 e. The molecule has 0 amide bonds. The van der Waals surface area contributed by atoms with E-state index in [0.29, 0.717) is 12.8 Å². The highest BCUT2D eigenvalue weighted by molar-refractivity contribution is 5.70. The van der Waals surface area contributed by atoms with Crippen LogP contribution in [-0.4, -0.2) is 142 Å². The zero-order chi connectivity index (χ0) is 34.8.